The number of nitrogens with zero attached hydrogens (tertiary/aromatic N) is 3. The number of hydrogen-bond acceptors (Lipinski definition) is 11. The Kier molecular flexibility index (Phi) is 13.9. The van der Waals surface area contributed by atoms with Crippen LogP contribution in [0.15, 0.2) is 35.7 Å². The smallest absolute Gasteiger partial charge is 0.308 e. The highest BCUT2D eigenvalue weighted by Crippen LogP contribution is 2.37. The van der Waals surface area contributed by atoms with Gasteiger partial charge in [0, 0.05) is 37.9 Å². The summed E-state index contributed by atoms with van der Waals surface area (Å²) in [6.07, 6.45) is 4.32. The third kappa shape index (κ3) is 10.4. The highest BCUT2D eigenvalue weighted by molar-refractivity contribution is 7.09. The molecule has 0 radical (unpaired) electrons. The zero-order valence-corrected chi connectivity index (χ0v) is 32.3. The maximum atomic E-state index is 14.2. The van der Waals surface area contributed by atoms with Crippen LogP contribution >= 0.6 is 11.3 Å². The number of aliphatic hydroxyl groups is 1. The number of ether oxygens (including phenoxy) is 2. The third-order valence-electron chi connectivity index (χ3n) is 11.0. The van der Waals surface area contributed by atoms with Crippen LogP contribution in [0.5, 0.6) is 0 Å². The van der Waals surface area contributed by atoms with Crippen molar-refractivity contribution in [2.24, 2.45) is 23.7 Å². The van der Waals surface area contributed by atoms with Crippen LogP contribution in [0.25, 0.3) is 0 Å². The molecule has 1 aromatic heterocycles. The van der Waals surface area contributed by atoms with Crippen LogP contribution in [0, 0.1) is 23.7 Å². The van der Waals surface area contributed by atoms with Crippen LogP contribution < -0.4 is 10.6 Å². The normalized spacial score (nSPS) is 23.2. The van der Waals surface area contributed by atoms with Gasteiger partial charge in [0.05, 0.1) is 24.8 Å². The number of esters is 2. The van der Waals surface area contributed by atoms with Gasteiger partial charge in [-0.05, 0) is 81.4 Å². The number of likely N-dealkylation sites (N-methyl/N-ethyl adjacent to an activating group) is 1. The molecule has 52 heavy (non-hydrogen) atoms. The quantitative estimate of drug-likeness (QED) is 0.148. The largest absolute Gasteiger partial charge is 0.469 e. The van der Waals surface area contributed by atoms with E-state index in [1.807, 2.05) is 44.2 Å². The monoisotopic (exact) mass is 739 g/mol. The minimum Gasteiger partial charge on any atom is -0.469 e. The molecule has 3 aliphatic heterocycles. The number of aliphatic hydroxyl groups excluding tert-OH is 1. The zero-order chi connectivity index (χ0) is 37.5. The SMILES string of the molecule is COC(=O)[C@@H](C)C[C@H](Cc1ccccc1)NC(O)c1csc([C@@H](C[C@H](C(C)C)N(C)C(=O)[C@@H](NC(=O)[C@H]2CC3CCN2CC3)C2CC2)OC(C)=O)n1. The van der Waals surface area contributed by atoms with Gasteiger partial charge >= 0.3 is 11.9 Å². The summed E-state index contributed by atoms with van der Waals surface area (Å²) < 4.78 is 10.8. The molecule has 7 atom stereocenters. The summed E-state index contributed by atoms with van der Waals surface area (Å²) in [5.41, 5.74) is 1.42. The van der Waals surface area contributed by atoms with E-state index in [9.17, 15) is 24.3 Å². The lowest BCUT2D eigenvalue weighted by atomic mass is 9.83. The molecule has 1 aromatic carbocycles. The van der Waals surface area contributed by atoms with Crippen molar-refractivity contribution >= 4 is 35.1 Å². The molecule has 0 spiro atoms. The van der Waals surface area contributed by atoms with Gasteiger partial charge in [0.25, 0.3) is 0 Å². The lowest BCUT2D eigenvalue weighted by Gasteiger charge is -2.45. The molecule has 4 heterocycles. The lowest BCUT2D eigenvalue weighted by Crippen LogP contribution is -2.59. The number of piperidine rings is 3. The summed E-state index contributed by atoms with van der Waals surface area (Å²) in [5, 5.41) is 20.0. The van der Waals surface area contributed by atoms with Crippen molar-refractivity contribution < 1.29 is 33.8 Å². The van der Waals surface area contributed by atoms with Gasteiger partial charge in [0.1, 0.15) is 17.3 Å². The van der Waals surface area contributed by atoms with Crippen molar-refractivity contribution in [1.29, 1.82) is 0 Å². The van der Waals surface area contributed by atoms with Crippen LogP contribution in [-0.2, 0) is 35.1 Å². The van der Waals surface area contributed by atoms with E-state index in [0.29, 0.717) is 35.9 Å². The molecule has 2 amide bonds. The first-order valence-corrected chi connectivity index (χ1v) is 19.7. The zero-order valence-electron chi connectivity index (χ0n) is 31.5. The molecule has 2 aromatic rings. The summed E-state index contributed by atoms with van der Waals surface area (Å²) >= 11 is 1.28. The first kappa shape index (κ1) is 39.8. The molecule has 2 bridgehead atoms. The standard InChI is InChI=1S/C39H57N5O7S/c1-23(2)31(43(5)38(48)34(28-12-13-28)42-36(47)32-20-27-14-16-44(32)17-15-27)21-33(51-25(4)45)37-41-30(22-52-37)35(46)40-29(18-24(3)39(49)50-6)19-26-10-8-7-9-11-26/h7-11,22-24,27-29,31-35,40,46H,12-21H2,1-6H3,(H,42,47)/t24-,29+,31+,32+,33+,34-,35?/m0/s1. The summed E-state index contributed by atoms with van der Waals surface area (Å²) in [5.74, 6) is -0.662. The van der Waals surface area contributed by atoms with E-state index in [0.717, 1.165) is 50.8 Å². The van der Waals surface area contributed by atoms with E-state index in [1.54, 1.807) is 24.3 Å². The van der Waals surface area contributed by atoms with Crippen LogP contribution in [0.1, 0.15) is 101 Å². The number of benzene rings is 1. The molecule has 3 N–H and O–H groups in total. The minimum absolute atomic E-state index is 0.00462. The topological polar surface area (TPSA) is 150 Å². The van der Waals surface area contributed by atoms with Gasteiger partial charge in [-0.15, -0.1) is 11.3 Å². The number of carbonyl (C=O) groups is 4. The van der Waals surface area contributed by atoms with E-state index in [1.165, 1.54) is 25.4 Å². The molecule has 286 valence electrons. The second-order valence-corrected chi connectivity index (χ2v) is 16.3. The van der Waals surface area contributed by atoms with Gasteiger partial charge < -0.3 is 24.8 Å². The van der Waals surface area contributed by atoms with Crippen molar-refractivity contribution in [3.8, 4) is 0 Å². The highest BCUT2D eigenvalue weighted by atomic mass is 32.1. The number of fused-ring (bicyclic) bond motifs is 3. The maximum Gasteiger partial charge on any atom is 0.308 e. The Balaban J connectivity index is 1.28. The molecule has 12 nitrogen and oxygen atoms in total. The molecule has 6 rings (SSSR count). The van der Waals surface area contributed by atoms with Crippen LogP contribution in [0.2, 0.25) is 0 Å². The Bertz CT molecular complexity index is 1510. The van der Waals surface area contributed by atoms with Crippen molar-refractivity contribution in [3.05, 3.63) is 52.0 Å². The molecule has 1 saturated carbocycles. The van der Waals surface area contributed by atoms with Gasteiger partial charge in [-0.1, -0.05) is 51.1 Å². The summed E-state index contributed by atoms with van der Waals surface area (Å²) in [7, 11) is 3.14. The molecule has 13 heteroatoms. The van der Waals surface area contributed by atoms with Crippen LogP contribution in [0.3, 0.4) is 0 Å². The molecule has 1 unspecified atom stereocenters. The van der Waals surface area contributed by atoms with Gasteiger partial charge in [-0.3, -0.25) is 29.4 Å². The lowest BCUT2D eigenvalue weighted by molar-refractivity contribution is -0.149. The number of methoxy groups -OCH3 is 1. The first-order chi connectivity index (χ1) is 24.8. The summed E-state index contributed by atoms with van der Waals surface area (Å²) in [4.78, 5) is 61.0. The number of aromatic nitrogens is 1. The van der Waals surface area contributed by atoms with Crippen molar-refractivity contribution in [1.82, 2.24) is 25.4 Å². The highest BCUT2D eigenvalue weighted by Gasteiger charge is 2.44. The number of carbonyl (C=O) groups excluding carboxylic acids is 4. The summed E-state index contributed by atoms with van der Waals surface area (Å²) in [6, 6.07) is 8.48. The second kappa shape index (κ2) is 18.1. The number of amides is 2. The van der Waals surface area contributed by atoms with E-state index in [4.69, 9.17) is 14.5 Å². The summed E-state index contributed by atoms with van der Waals surface area (Å²) in [6.45, 7) is 9.07. The van der Waals surface area contributed by atoms with Crippen molar-refractivity contribution in [2.45, 2.75) is 116 Å². The van der Waals surface area contributed by atoms with Crippen molar-refractivity contribution in [2.75, 3.05) is 27.2 Å². The average Bonchev–Trinajstić information content (AvgIpc) is 3.86. The fourth-order valence-electron chi connectivity index (χ4n) is 7.89. The van der Waals surface area contributed by atoms with E-state index >= 15 is 0 Å². The molecule has 4 aliphatic rings. The Hall–Kier alpha value is -3.39. The minimum atomic E-state index is -1.15. The molecular formula is C39H57N5O7S. The van der Waals surface area contributed by atoms with Gasteiger partial charge in [-0.25, -0.2) is 4.98 Å². The average molecular weight is 740 g/mol. The Morgan fingerprint density at radius 2 is 1.75 bits per heavy atom. The van der Waals surface area contributed by atoms with E-state index < -0.39 is 30.3 Å². The number of rotatable bonds is 18. The van der Waals surface area contributed by atoms with E-state index in [2.05, 4.69) is 15.5 Å². The Morgan fingerprint density at radius 3 is 2.33 bits per heavy atom. The number of thiazole rings is 1. The number of hydrogen-bond donors (Lipinski definition) is 3. The number of nitrogens with one attached hydrogen (secondary N) is 2. The molecule has 4 fully saturated rings. The maximum absolute atomic E-state index is 14.2. The molecule has 3 saturated heterocycles. The van der Waals surface area contributed by atoms with Gasteiger partial charge in [-0.2, -0.15) is 0 Å². The second-order valence-electron chi connectivity index (χ2n) is 15.4. The predicted molar refractivity (Wildman–Crippen MR) is 198 cm³/mol. The Labute approximate surface area is 312 Å². The molecule has 1 aliphatic carbocycles. The van der Waals surface area contributed by atoms with Gasteiger partial charge in [0.15, 0.2) is 6.10 Å². The third-order valence-corrected chi connectivity index (χ3v) is 12.0. The fourth-order valence-corrected chi connectivity index (χ4v) is 8.77. The molecular weight excluding hydrogens is 683 g/mol. The fraction of sp³-hybridized carbons (Fsp3) is 0.667. The van der Waals surface area contributed by atoms with E-state index in [-0.39, 0.29) is 47.7 Å². The van der Waals surface area contributed by atoms with Crippen molar-refractivity contribution in [3.63, 3.8) is 0 Å². The van der Waals surface area contributed by atoms with Gasteiger partial charge in [0.2, 0.25) is 11.8 Å². The van der Waals surface area contributed by atoms with Crippen LogP contribution in [-0.4, -0.2) is 95.1 Å². The predicted octanol–water partition coefficient (Wildman–Crippen LogP) is 4.39. The first-order valence-electron chi connectivity index (χ1n) is 18.8. The van der Waals surface area contributed by atoms with Crippen LogP contribution in [0.4, 0.5) is 0 Å². The Morgan fingerprint density at radius 1 is 1.06 bits per heavy atom.